The lowest BCUT2D eigenvalue weighted by molar-refractivity contribution is -0.135. The zero-order chi connectivity index (χ0) is 22.3. The zero-order valence-corrected chi connectivity index (χ0v) is 17.6. The third-order valence-electron chi connectivity index (χ3n) is 5.37. The first-order valence-electron chi connectivity index (χ1n) is 10.6. The van der Waals surface area contributed by atoms with Gasteiger partial charge in [-0.3, -0.25) is 19.3 Å². The summed E-state index contributed by atoms with van der Waals surface area (Å²) in [5.41, 5.74) is 0.149. The SMILES string of the molecule is O=C(NCCN1CCN(C(=O)COc2ccccc2)CC1)c1nc2ccccc2c(=O)[nH]1. The summed E-state index contributed by atoms with van der Waals surface area (Å²) in [5.74, 6) is 0.230. The van der Waals surface area contributed by atoms with Crippen LogP contribution in [0.25, 0.3) is 10.9 Å². The molecule has 0 bridgehead atoms. The number of amides is 2. The van der Waals surface area contributed by atoms with E-state index in [1.807, 2.05) is 30.3 Å². The number of piperazine rings is 1. The largest absolute Gasteiger partial charge is 0.484 e. The van der Waals surface area contributed by atoms with Crippen molar-refractivity contribution in [2.45, 2.75) is 0 Å². The van der Waals surface area contributed by atoms with Crippen LogP contribution in [0.15, 0.2) is 59.4 Å². The summed E-state index contributed by atoms with van der Waals surface area (Å²) in [6, 6.07) is 16.2. The molecule has 1 fully saturated rings. The Hall–Kier alpha value is -3.72. The Morgan fingerprint density at radius 3 is 2.50 bits per heavy atom. The second-order valence-corrected chi connectivity index (χ2v) is 7.51. The van der Waals surface area contributed by atoms with Crippen LogP contribution in [-0.2, 0) is 4.79 Å². The number of aromatic nitrogens is 2. The first-order chi connectivity index (χ1) is 15.6. The van der Waals surface area contributed by atoms with Gasteiger partial charge in [-0.15, -0.1) is 0 Å². The smallest absolute Gasteiger partial charge is 0.287 e. The van der Waals surface area contributed by atoms with E-state index in [2.05, 4.69) is 20.2 Å². The fourth-order valence-corrected chi connectivity index (χ4v) is 3.58. The van der Waals surface area contributed by atoms with Gasteiger partial charge in [0.1, 0.15) is 5.75 Å². The summed E-state index contributed by atoms with van der Waals surface area (Å²) in [5, 5.41) is 3.25. The number of H-pyrrole nitrogens is 1. The molecule has 0 spiro atoms. The molecule has 166 valence electrons. The van der Waals surface area contributed by atoms with Gasteiger partial charge in [0.15, 0.2) is 12.4 Å². The van der Waals surface area contributed by atoms with Crippen molar-refractivity contribution in [3.05, 3.63) is 70.8 Å². The third kappa shape index (κ3) is 5.30. The molecule has 1 aliphatic rings. The number of carbonyl (C=O) groups is 2. The van der Waals surface area contributed by atoms with Crippen molar-refractivity contribution in [3.63, 3.8) is 0 Å². The minimum atomic E-state index is -0.417. The Morgan fingerprint density at radius 2 is 1.72 bits per heavy atom. The number of benzene rings is 2. The van der Waals surface area contributed by atoms with Crippen LogP contribution < -0.4 is 15.6 Å². The molecule has 1 saturated heterocycles. The van der Waals surface area contributed by atoms with Crippen LogP contribution in [0.2, 0.25) is 0 Å². The molecule has 0 radical (unpaired) electrons. The Balaban J connectivity index is 1.19. The molecule has 0 aliphatic carbocycles. The standard InChI is InChI=1S/C23H25N5O4/c29-20(16-32-17-6-2-1-3-7-17)28-14-12-27(13-15-28)11-10-24-23(31)21-25-19-9-5-4-8-18(19)22(30)26-21/h1-9H,10-16H2,(H,24,31)(H,25,26,30). The second-order valence-electron chi connectivity index (χ2n) is 7.51. The molecule has 0 unspecified atom stereocenters. The van der Waals surface area contributed by atoms with Gasteiger partial charge in [-0.05, 0) is 24.3 Å². The van der Waals surface area contributed by atoms with Crippen molar-refractivity contribution >= 4 is 22.7 Å². The van der Waals surface area contributed by atoms with Gasteiger partial charge >= 0.3 is 0 Å². The van der Waals surface area contributed by atoms with Gasteiger partial charge in [0.25, 0.3) is 17.4 Å². The van der Waals surface area contributed by atoms with Gasteiger partial charge in [0, 0.05) is 39.3 Å². The molecule has 9 nitrogen and oxygen atoms in total. The van der Waals surface area contributed by atoms with E-state index in [9.17, 15) is 14.4 Å². The van der Waals surface area contributed by atoms with Gasteiger partial charge in [-0.25, -0.2) is 4.98 Å². The molecule has 2 heterocycles. The maximum absolute atomic E-state index is 12.4. The fraction of sp³-hybridized carbons (Fsp3) is 0.304. The van der Waals surface area contributed by atoms with Crippen molar-refractivity contribution in [1.82, 2.24) is 25.1 Å². The van der Waals surface area contributed by atoms with Gasteiger partial charge in [0.05, 0.1) is 10.9 Å². The highest BCUT2D eigenvalue weighted by atomic mass is 16.5. The van der Waals surface area contributed by atoms with E-state index in [0.717, 1.165) is 13.1 Å². The first-order valence-corrected chi connectivity index (χ1v) is 10.6. The number of rotatable bonds is 7. The monoisotopic (exact) mass is 435 g/mol. The highest BCUT2D eigenvalue weighted by Crippen LogP contribution is 2.09. The molecular weight excluding hydrogens is 410 g/mol. The molecular formula is C23H25N5O4. The minimum Gasteiger partial charge on any atom is -0.484 e. The molecule has 32 heavy (non-hydrogen) atoms. The summed E-state index contributed by atoms with van der Waals surface area (Å²) in [6.45, 7) is 3.76. The van der Waals surface area contributed by atoms with Crippen LogP contribution >= 0.6 is 0 Å². The molecule has 2 N–H and O–H groups in total. The van der Waals surface area contributed by atoms with Crippen LogP contribution in [-0.4, -0.2) is 77.5 Å². The molecule has 4 rings (SSSR count). The Kier molecular flexibility index (Phi) is 6.76. The molecule has 1 aromatic heterocycles. The fourth-order valence-electron chi connectivity index (χ4n) is 3.58. The number of aromatic amines is 1. The van der Waals surface area contributed by atoms with Crippen LogP contribution in [0.1, 0.15) is 10.6 Å². The maximum atomic E-state index is 12.4. The summed E-state index contributed by atoms with van der Waals surface area (Å²) in [4.78, 5) is 47.6. The lowest BCUT2D eigenvalue weighted by Gasteiger charge is -2.34. The predicted molar refractivity (Wildman–Crippen MR) is 120 cm³/mol. The highest BCUT2D eigenvalue weighted by molar-refractivity contribution is 5.92. The van der Waals surface area contributed by atoms with Crippen molar-refractivity contribution < 1.29 is 14.3 Å². The van der Waals surface area contributed by atoms with Gasteiger partial charge < -0.3 is 19.9 Å². The second kappa shape index (κ2) is 10.1. The van der Waals surface area contributed by atoms with E-state index in [1.54, 1.807) is 29.2 Å². The van der Waals surface area contributed by atoms with Gasteiger partial charge in [0.2, 0.25) is 0 Å². The first kappa shape index (κ1) is 21.5. The quantitative estimate of drug-likeness (QED) is 0.570. The highest BCUT2D eigenvalue weighted by Gasteiger charge is 2.21. The van der Waals surface area contributed by atoms with Crippen LogP contribution in [0.3, 0.4) is 0 Å². The number of fused-ring (bicyclic) bond motifs is 1. The van der Waals surface area contributed by atoms with E-state index in [4.69, 9.17) is 4.74 Å². The van der Waals surface area contributed by atoms with Crippen molar-refractivity contribution in [3.8, 4) is 5.75 Å². The molecule has 0 atom stereocenters. The van der Waals surface area contributed by atoms with Crippen molar-refractivity contribution in [2.75, 3.05) is 45.9 Å². The minimum absolute atomic E-state index is 0.00234. The van der Waals surface area contributed by atoms with E-state index in [-0.39, 0.29) is 23.9 Å². The number of nitrogens with one attached hydrogen (secondary N) is 2. The summed E-state index contributed by atoms with van der Waals surface area (Å²) < 4.78 is 5.53. The normalized spacial score (nSPS) is 14.3. The average Bonchev–Trinajstić information content (AvgIpc) is 2.83. The van der Waals surface area contributed by atoms with E-state index >= 15 is 0 Å². The lowest BCUT2D eigenvalue weighted by Crippen LogP contribution is -2.51. The number of ether oxygens (including phenoxy) is 1. The predicted octanol–water partition coefficient (Wildman–Crippen LogP) is 0.876. The average molecular weight is 435 g/mol. The number of para-hydroxylation sites is 2. The van der Waals surface area contributed by atoms with Gasteiger partial charge in [-0.2, -0.15) is 0 Å². The summed E-state index contributed by atoms with van der Waals surface area (Å²) in [6.07, 6.45) is 0. The Labute approximate surface area is 185 Å². The molecule has 2 aromatic carbocycles. The van der Waals surface area contributed by atoms with Crippen LogP contribution in [0, 0.1) is 0 Å². The van der Waals surface area contributed by atoms with Crippen LogP contribution in [0.4, 0.5) is 0 Å². The van der Waals surface area contributed by atoms with E-state index < -0.39 is 5.91 Å². The lowest BCUT2D eigenvalue weighted by atomic mass is 10.2. The summed E-state index contributed by atoms with van der Waals surface area (Å²) >= 11 is 0. The number of carbonyl (C=O) groups excluding carboxylic acids is 2. The molecule has 2 amide bonds. The molecule has 1 aliphatic heterocycles. The number of nitrogens with zero attached hydrogens (tertiary/aromatic N) is 3. The topological polar surface area (TPSA) is 108 Å². The molecule has 0 saturated carbocycles. The maximum Gasteiger partial charge on any atom is 0.287 e. The Bertz CT molecular complexity index is 1140. The van der Waals surface area contributed by atoms with E-state index in [1.165, 1.54) is 0 Å². The number of hydrogen-bond donors (Lipinski definition) is 2. The Morgan fingerprint density at radius 1 is 1.00 bits per heavy atom. The molecule has 3 aromatic rings. The van der Waals surface area contributed by atoms with Gasteiger partial charge in [-0.1, -0.05) is 30.3 Å². The number of hydrogen-bond acceptors (Lipinski definition) is 6. The zero-order valence-electron chi connectivity index (χ0n) is 17.6. The van der Waals surface area contributed by atoms with Crippen molar-refractivity contribution in [1.29, 1.82) is 0 Å². The summed E-state index contributed by atoms with van der Waals surface area (Å²) in [7, 11) is 0. The van der Waals surface area contributed by atoms with E-state index in [0.29, 0.717) is 42.8 Å². The molecule has 9 heteroatoms. The third-order valence-corrected chi connectivity index (χ3v) is 5.37. The van der Waals surface area contributed by atoms with Crippen molar-refractivity contribution in [2.24, 2.45) is 0 Å². The van der Waals surface area contributed by atoms with Crippen LogP contribution in [0.5, 0.6) is 5.75 Å².